The third kappa shape index (κ3) is 44.6. The van der Waals surface area contributed by atoms with Crippen molar-refractivity contribution >= 4 is 27.6 Å². The van der Waals surface area contributed by atoms with E-state index < -0.39 is 72.3 Å². The van der Waals surface area contributed by atoms with Gasteiger partial charge in [-0.25, -0.2) is 9.13 Å². The Morgan fingerprint density at radius 3 is 1.74 bits per heavy atom. The molecule has 0 fully saturated rings. The number of hydrogen-bond donors (Lipinski definition) is 5. The van der Waals surface area contributed by atoms with Gasteiger partial charge in [0.1, 0.15) is 12.7 Å². The first-order valence-electron chi connectivity index (χ1n) is 23.3. The number of rotatable bonds is 43. The average molecular weight is 923 g/mol. The monoisotopic (exact) mass is 923 g/mol. The highest BCUT2D eigenvalue weighted by Crippen LogP contribution is 2.43. The number of allylic oxidation sites excluding steroid dienone is 6. The van der Waals surface area contributed by atoms with Crippen molar-refractivity contribution in [1.29, 1.82) is 0 Å². The van der Waals surface area contributed by atoms with Gasteiger partial charge in [-0.05, 0) is 50.9 Å². The van der Waals surface area contributed by atoms with Crippen LogP contribution in [0.5, 0.6) is 0 Å². The Kier molecular flexibility index (Phi) is 39.3. The molecule has 5 N–H and O–H groups in total. The van der Waals surface area contributed by atoms with Crippen LogP contribution in [0.15, 0.2) is 48.6 Å². The molecule has 0 radical (unpaired) electrons. The second-order valence-corrected chi connectivity index (χ2v) is 19.1. The van der Waals surface area contributed by atoms with Crippen molar-refractivity contribution in [1.82, 2.24) is 0 Å². The Morgan fingerprint density at radius 1 is 0.581 bits per heavy atom. The minimum Gasteiger partial charge on any atom is -0.462 e. The minimum absolute atomic E-state index is 0.0875. The molecule has 0 aromatic heterocycles. The molecule has 0 bridgehead atoms. The van der Waals surface area contributed by atoms with E-state index in [4.69, 9.17) is 23.8 Å². The van der Waals surface area contributed by atoms with Gasteiger partial charge in [0.15, 0.2) is 6.10 Å². The van der Waals surface area contributed by atoms with Crippen LogP contribution in [0.25, 0.3) is 0 Å². The smallest absolute Gasteiger partial charge is 0.462 e. The summed E-state index contributed by atoms with van der Waals surface area (Å²) in [6.45, 7) is 3.92. The van der Waals surface area contributed by atoms with Crippen molar-refractivity contribution in [3.8, 4) is 0 Å². The molecule has 62 heavy (non-hydrogen) atoms. The van der Waals surface area contributed by atoms with Gasteiger partial charge in [0.05, 0.1) is 25.9 Å². The number of phosphoric ester groups is 2. The van der Waals surface area contributed by atoms with E-state index in [0.29, 0.717) is 32.1 Å². The highest BCUT2D eigenvalue weighted by Gasteiger charge is 2.28. The first-order valence-corrected chi connectivity index (χ1v) is 26.3. The number of carbonyl (C=O) groups excluding carboxylic acids is 2. The quantitative estimate of drug-likeness (QED) is 0.0126. The number of unbranched alkanes of at least 4 members (excludes halogenated alkanes) is 17. The van der Waals surface area contributed by atoms with Crippen molar-refractivity contribution < 1.29 is 66.7 Å². The SMILES string of the molecule is CCCCC/C=C\C[C@@H](O)/C=C/C=C\C/C=C\CCCC(=O)OC[C@H](COP(=O)(O)OC[C@@H](O)COP(=O)(O)O)OC(=O)CCCCCCCCCCCCCCCCC(C)C. The molecule has 0 aromatic carbocycles. The summed E-state index contributed by atoms with van der Waals surface area (Å²) in [6.07, 6.45) is 37.1. The summed E-state index contributed by atoms with van der Waals surface area (Å²) >= 11 is 0. The third-order valence-electron chi connectivity index (χ3n) is 9.72. The number of carbonyl (C=O) groups is 2. The van der Waals surface area contributed by atoms with E-state index in [9.17, 15) is 33.8 Å². The highest BCUT2D eigenvalue weighted by atomic mass is 31.2. The van der Waals surface area contributed by atoms with E-state index in [-0.39, 0.29) is 12.8 Å². The molecule has 4 atom stereocenters. The average Bonchev–Trinajstić information content (AvgIpc) is 3.21. The zero-order chi connectivity index (χ0) is 46.2. The summed E-state index contributed by atoms with van der Waals surface area (Å²) in [6, 6.07) is 0. The summed E-state index contributed by atoms with van der Waals surface area (Å²) in [7, 11) is -9.71. The Balaban J connectivity index is 4.61. The molecular weight excluding hydrogens is 838 g/mol. The predicted molar refractivity (Wildman–Crippen MR) is 245 cm³/mol. The van der Waals surface area contributed by atoms with Crippen molar-refractivity contribution in [3.63, 3.8) is 0 Å². The lowest BCUT2D eigenvalue weighted by atomic mass is 10.0. The molecule has 0 saturated carbocycles. The van der Waals surface area contributed by atoms with Crippen LogP contribution in [0.2, 0.25) is 0 Å². The molecule has 16 heteroatoms. The molecular formula is C46H84O14P2. The zero-order valence-electron chi connectivity index (χ0n) is 38.2. The van der Waals surface area contributed by atoms with Crippen LogP contribution in [0.1, 0.15) is 181 Å². The molecule has 14 nitrogen and oxygen atoms in total. The molecule has 0 aromatic rings. The van der Waals surface area contributed by atoms with Gasteiger partial charge >= 0.3 is 27.6 Å². The Labute approximate surface area is 373 Å². The molecule has 0 aliphatic heterocycles. The largest absolute Gasteiger partial charge is 0.472 e. The lowest BCUT2D eigenvalue weighted by Crippen LogP contribution is -2.30. The fraction of sp³-hybridized carbons (Fsp3) is 0.783. The van der Waals surface area contributed by atoms with E-state index in [1.165, 1.54) is 83.5 Å². The van der Waals surface area contributed by atoms with Crippen LogP contribution in [-0.2, 0) is 41.8 Å². The molecule has 362 valence electrons. The fourth-order valence-corrected chi connectivity index (χ4v) is 7.29. The van der Waals surface area contributed by atoms with E-state index in [0.717, 1.165) is 38.0 Å². The summed E-state index contributed by atoms with van der Waals surface area (Å²) in [5, 5.41) is 19.8. The van der Waals surface area contributed by atoms with Gasteiger partial charge in [-0.2, -0.15) is 0 Å². The van der Waals surface area contributed by atoms with E-state index in [1.807, 2.05) is 36.5 Å². The number of phosphoric acid groups is 2. The molecule has 0 aliphatic carbocycles. The topological polar surface area (TPSA) is 216 Å². The number of aliphatic hydroxyl groups is 2. The van der Waals surface area contributed by atoms with Crippen molar-refractivity contribution in [2.24, 2.45) is 5.92 Å². The lowest BCUT2D eigenvalue weighted by molar-refractivity contribution is -0.161. The third-order valence-corrected chi connectivity index (χ3v) is 11.2. The summed E-state index contributed by atoms with van der Waals surface area (Å²) in [5.41, 5.74) is 0. The van der Waals surface area contributed by atoms with E-state index in [1.54, 1.807) is 6.08 Å². The maximum absolute atomic E-state index is 12.7. The van der Waals surface area contributed by atoms with Crippen LogP contribution in [0, 0.1) is 5.92 Å². The summed E-state index contributed by atoms with van der Waals surface area (Å²) in [5.74, 6) is -0.331. The number of hydrogen-bond acceptors (Lipinski definition) is 11. The molecule has 0 heterocycles. The van der Waals surface area contributed by atoms with Crippen LogP contribution in [0.3, 0.4) is 0 Å². The van der Waals surface area contributed by atoms with E-state index >= 15 is 0 Å². The Morgan fingerprint density at radius 2 is 1.13 bits per heavy atom. The van der Waals surface area contributed by atoms with Crippen molar-refractivity contribution in [3.05, 3.63) is 48.6 Å². The molecule has 0 spiro atoms. The first-order chi connectivity index (χ1) is 29.6. The maximum Gasteiger partial charge on any atom is 0.472 e. The van der Waals surface area contributed by atoms with Gasteiger partial charge < -0.3 is 34.4 Å². The van der Waals surface area contributed by atoms with Crippen molar-refractivity contribution in [2.45, 2.75) is 200 Å². The minimum atomic E-state index is -4.88. The van der Waals surface area contributed by atoms with Gasteiger partial charge in [0, 0.05) is 12.8 Å². The second-order valence-electron chi connectivity index (χ2n) is 16.4. The van der Waals surface area contributed by atoms with Crippen LogP contribution >= 0.6 is 15.6 Å². The summed E-state index contributed by atoms with van der Waals surface area (Å²) < 4.78 is 47.8. The first kappa shape index (κ1) is 60.0. The molecule has 0 aliphatic rings. The van der Waals surface area contributed by atoms with Gasteiger partial charge in [-0.1, -0.05) is 172 Å². The second kappa shape index (κ2) is 40.5. The van der Waals surface area contributed by atoms with Crippen LogP contribution < -0.4 is 0 Å². The zero-order valence-corrected chi connectivity index (χ0v) is 40.0. The number of esters is 2. The van der Waals surface area contributed by atoms with Gasteiger partial charge in [-0.3, -0.25) is 23.2 Å². The van der Waals surface area contributed by atoms with Crippen LogP contribution in [-0.4, -0.2) is 81.6 Å². The summed E-state index contributed by atoms with van der Waals surface area (Å²) in [4.78, 5) is 52.8. The standard InChI is InChI=1S/C46H84O14P2/c1-4-5-6-7-23-28-33-42(47)34-29-24-19-16-17-20-25-30-35-45(49)56-39-44(40-59-62(54,55)58-38-43(48)37-57-61(51,52)53)60-46(50)36-31-26-21-15-13-11-9-8-10-12-14-18-22-27-32-41(2)3/h17,19-20,23-24,28-29,34,41-44,47-48H,4-16,18,21-22,25-27,30-33,35-40H2,1-3H3,(H,54,55)(H2,51,52,53)/b20-17-,24-19-,28-23-,34-29+/t42-,43+,44-/m1/s1. The fourth-order valence-electron chi connectivity index (χ4n) is 6.14. The molecule has 0 saturated heterocycles. The van der Waals surface area contributed by atoms with Gasteiger partial charge in [0.2, 0.25) is 0 Å². The Hall–Kier alpha value is -1.96. The number of ether oxygens (including phenoxy) is 2. The highest BCUT2D eigenvalue weighted by molar-refractivity contribution is 7.47. The number of aliphatic hydroxyl groups excluding tert-OH is 2. The van der Waals surface area contributed by atoms with E-state index in [2.05, 4.69) is 35.9 Å². The Bertz CT molecular complexity index is 1310. The molecule has 1 unspecified atom stereocenters. The molecule has 0 rings (SSSR count). The van der Waals surface area contributed by atoms with Crippen molar-refractivity contribution in [2.75, 3.05) is 26.4 Å². The normalized spacial score (nSPS) is 15.0. The predicted octanol–water partition coefficient (Wildman–Crippen LogP) is 11.1. The van der Waals surface area contributed by atoms with Gasteiger partial charge in [0.25, 0.3) is 0 Å². The maximum atomic E-state index is 12.7. The van der Waals surface area contributed by atoms with Gasteiger partial charge in [-0.15, -0.1) is 0 Å². The molecule has 0 amide bonds. The van der Waals surface area contributed by atoms with Crippen LogP contribution in [0.4, 0.5) is 0 Å². The lowest BCUT2D eigenvalue weighted by Gasteiger charge is -2.20.